The molecule has 4 rings (SSSR count). The van der Waals surface area contributed by atoms with E-state index in [1.807, 2.05) is 37.3 Å². The van der Waals surface area contributed by atoms with Crippen molar-refractivity contribution in [3.05, 3.63) is 58.7 Å². The molecule has 1 aliphatic heterocycles. The van der Waals surface area contributed by atoms with Crippen molar-refractivity contribution >= 4 is 34.3 Å². The number of likely N-dealkylation sites (tertiary alicyclic amines) is 1. The summed E-state index contributed by atoms with van der Waals surface area (Å²) in [7, 11) is 1.79. The standard InChI is InChI=1S/C22H19ClN4O2/c1-22(11-12-26(2)21(22)29)10-9-14-5-3-6-15(13-14)27-17-8-4-7-16(23)18(17)19(25-27)20(24)28/h3-8,13H,11-12H2,1-2H3,(H2,24,28)/t22-/m1/s1. The van der Waals surface area contributed by atoms with E-state index >= 15 is 0 Å². The summed E-state index contributed by atoms with van der Waals surface area (Å²) >= 11 is 6.28. The molecule has 29 heavy (non-hydrogen) atoms. The van der Waals surface area contributed by atoms with Gasteiger partial charge in [0.2, 0.25) is 5.91 Å². The third-order valence-electron chi connectivity index (χ3n) is 5.23. The van der Waals surface area contributed by atoms with Gasteiger partial charge in [-0.3, -0.25) is 9.59 Å². The first kappa shape index (κ1) is 19.0. The molecule has 1 atom stereocenters. The highest BCUT2D eigenvalue weighted by atomic mass is 35.5. The van der Waals surface area contributed by atoms with Crippen molar-refractivity contribution in [2.75, 3.05) is 13.6 Å². The molecule has 6 nitrogen and oxygen atoms in total. The Morgan fingerprint density at radius 1 is 1.28 bits per heavy atom. The lowest BCUT2D eigenvalue weighted by atomic mass is 9.89. The summed E-state index contributed by atoms with van der Waals surface area (Å²) in [5.41, 5.74) is 7.09. The Balaban J connectivity index is 1.78. The first-order valence-electron chi connectivity index (χ1n) is 9.16. The largest absolute Gasteiger partial charge is 0.364 e. The van der Waals surface area contributed by atoms with Gasteiger partial charge in [-0.05, 0) is 43.7 Å². The van der Waals surface area contributed by atoms with Crippen LogP contribution < -0.4 is 5.73 Å². The second-order valence-electron chi connectivity index (χ2n) is 7.37. The van der Waals surface area contributed by atoms with Gasteiger partial charge in [-0.1, -0.05) is 35.6 Å². The number of amides is 2. The van der Waals surface area contributed by atoms with E-state index in [1.54, 1.807) is 28.8 Å². The molecule has 0 bridgehead atoms. The van der Waals surface area contributed by atoms with Crippen LogP contribution in [0.4, 0.5) is 0 Å². The Hall–Kier alpha value is -3.30. The number of benzene rings is 2. The highest BCUT2D eigenvalue weighted by Crippen LogP contribution is 2.30. The number of rotatable bonds is 2. The monoisotopic (exact) mass is 406 g/mol. The van der Waals surface area contributed by atoms with Gasteiger partial charge in [-0.2, -0.15) is 5.10 Å². The molecular weight excluding hydrogens is 388 g/mol. The number of carbonyl (C=O) groups excluding carboxylic acids is 2. The highest BCUT2D eigenvalue weighted by molar-refractivity contribution is 6.36. The molecule has 146 valence electrons. The van der Waals surface area contributed by atoms with Crippen molar-refractivity contribution in [2.24, 2.45) is 11.1 Å². The van der Waals surface area contributed by atoms with Crippen molar-refractivity contribution in [2.45, 2.75) is 13.3 Å². The van der Waals surface area contributed by atoms with Crippen LogP contribution in [-0.2, 0) is 4.79 Å². The second kappa shape index (κ2) is 6.94. The Kier molecular flexibility index (Phi) is 4.56. The SMILES string of the molecule is CN1CC[C@@](C)(C#Cc2cccc(-n3nc(C(N)=O)c4c(Cl)cccc43)c2)C1=O. The van der Waals surface area contributed by atoms with Crippen molar-refractivity contribution in [3.63, 3.8) is 0 Å². The zero-order valence-electron chi connectivity index (χ0n) is 16.1. The highest BCUT2D eigenvalue weighted by Gasteiger charge is 2.39. The molecular formula is C22H19ClN4O2. The third-order valence-corrected chi connectivity index (χ3v) is 5.54. The maximum absolute atomic E-state index is 12.3. The lowest BCUT2D eigenvalue weighted by Gasteiger charge is -2.14. The Labute approximate surface area is 173 Å². The van der Waals surface area contributed by atoms with Gasteiger partial charge < -0.3 is 10.6 Å². The van der Waals surface area contributed by atoms with Gasteiger partial charge in [-0.25, -0.2) is 4.68 Å². The first-order valence-corrected chi connectivity index (χ1v) is 9.54. The fourth-order valence-corrected chi connectivity index (χ4v) is 3.82. The van der Waals surface area contributed by atoms with E-state index in [4.69, 9.17) is 17.3 Å². The number of nitrogens with two attached hydrogens (primary N) is 1. The summed E-state index contributed by atoms with van der Waals surface area (Å²) in [6.07, 6.45) is 0.708. The minimum atomic E-state index is -0.671. The molecule has 0 aliphatic carbocycles. The van der Waals surface area contributed by atoms with Gasteiger partial charge in [0.1, 0.15) is 5.41 Å². The van der Waals surface area contributed by atoms with Crippen LogP contribution in [0.1, 0.15) is 29.4 Å². The minimum Gasteiger partial charge on any atom is -0.364 e. The predicted molar refractivity (Wildman–Crippen MR) is 112 cm³/mol. The lowest BCUT2D eigenvalue weighted by Crippen LogP contribution is -2.28. The summed E-state index contributed by atoms with van der Waals surface area (Å²) in [6.45, 7) is 2.58. The summed E-state index contributed by atoms with van der Waals surface area (Å²) in [6, 6.07) is 12.8. The average Bonchev–Trinajstić information content (AvgIpc) is 3.22. The molecule has 2 heterocycles. The van der Waals surface area contributed by atoms with Crippen LogP contribution in [-0.4, -0.2) is 40.1 Å². The number of primary amides is 1. The van der Waals surface area contributed by atoms with Crippen molar-refractivity contribution in [3.8, 4) is 17.5 Å². The molecule has 2 aromatic carbocycles. The van der Waals surface area contributed by atoms with Gasteiger partial charge in [0.25, 0.3) is 5.91 Å². The molecule has 2 N–H and O–H groups in total. The molecule has 0 saturated carbocycles. The number of hydrogen-bond donors (Lipinski definition) is 1. The quantitative estimate of drug-likeness (QED) is 0.664. The van der Waals surface area contributed by atoms with Crippen LogP contribution in [0.15, 0.2) is 42.5 Å². The number of hydrogen-bond acceptors (Lipinski definition) is 3. The van der Waals surface area contributed by atoms with Crippen LogP contribution in [0.2, 0.25) is 5.02 Å². The van der Waals surface area contributed by atoms with E-state index in [0.29, 0.717) is 28.9 Å². The van der Waals surface area contributed by atoms with E-state index < -0.39 is 11.3 Å². The molecule has 1 aromatic heterocycles. The Morgan fingerprint density at radius 2 is 2.03 bits per heavy atom. The van der Waals surface area contributed by atoms with Crippen LogP contribution in [0, 0.1) is 17.3 Å². The van der Waals surface area contributed by atoms with Crippen LogP contribution in [0.5, 0.6) is 0 Å². The number of fused-ring (bicyclic) bond motifs is 1. The number of nitrogens with zero attached hydrogens (tertiary/aromatic N) is 3. The normalized spacial score (nSPS) is 18.7. The van der Waals surface area contributed by atoms with Gasteiger partial charge >= 0.3 is 0 Å². The smallest absolute Gasteiger partial charge is 0.269 e. The Morgan fingerprint density at radius 3 is 2.72 bits per heavy atom. The molecule has 2 amide bonds. The molecule has 1 saturated heterocycles. The number of carbonyl (C=O) groups is 2. The lowest BCUT2D eigenvalue weighted by molar-refractivity contribution is -0.131. The summed E-state index contributed by atoms with van der Waals surface area (Å²) in [5.74, 6) is 5.66. The van der Waals surface area contributed by atoms with E-state index in [2.05, 4.69) is 16.9 Å². The van der Waals surface area contributed by atoms with Crippen LogP contribution in [0.25, 0.3) is 16.6 Å². The molecule has 3 aromatic rings. The molecule has 0 spiro atoms. The summed E-state index contributed by atoms with van der Waals surface area (Å²) < 4.78 is 1.63. The zero-order chi connectivity index (χ0) is 20.8. The van der Waals surface area contributed by atoms with Crippen LogP contribution >= 0.6 is 11.6 Å². The van der Waals surface area contributed by atoms with E-state index in [1.165, 1.54) is 0 Å². The fraction of sp³-hybridized carbons (Fsp3) is 0.227. The Bertz CT molecular complexity index is 1220. The summed E-state index contributed by atoms with van der Waals surface area (Å²) in [4.78, 5) is 25.9. The van der Waals surface area contributed by atoms with Gasteiger partial charge in [0.05, 0.1) is 21.6 Å². The maximum Gasteiger partial charge on any atom is 0.269 e. The number of aromatic nitrogens is 2. The number of halogens is 1. The molecule has 1 fully saturated rings. The molecule has 0 radical (unpaired) electrons. The molecule has 1 aliphatic rings. The van der Waals surface area contributed by atoms with E-state index in [9.17, 15) is 9.59 Å². The van der Waals surface area contributed by atoms with Gasteiger partial charge in [-0.15, -0.1) is 0 Å². The van der Waals surface area contributed by atoms with Crippen LogP contribution in [0.3, 0.4) is 0 Å². The summed E-state index contributed by atoms with van der Waals surface area (Å²) in [5, 5.41) is 5.31. The van der Waals surface area contributed by atoms with E-state index in [0.717, 1.165) is 11.3 Å². The predicted octanol–water partition coefficient (Wildman–Crippen LogP) is 3.00. The second-order valence-corrected chi connectivity index (χ2v) is 7.77. The molecule has 0 unspecified atom stereocenters. The fourth-order valence-electron chi connectivity index (χ4n) is 3.56. The van der Waals surface area contributed by atoms with Gasteiger partial charge in [0, 0.05) is 19.2 Å². The first-order chi connectivity index (χ1) is 13.8. The molecule has 7 heteroatoms. The van der Waals surface area contributed by atoms with Crippen molar-refractivity contribution < 1.29 is 9.59 Å². The van der Waals surface area contributed by atoms with Gasteiger partial charge in [0.15, 0.2) is 5.69 Å². The van der Waals surface area contributed by atoms with Crippen molar-refractivity contribution in [1.82, 2.24) is 14.7 Å². The average molecular weight is 407 g/mol. The topological polar surface area (TPSA) is 81.2 Å². The third kappa shape index (κ3) is 3.24. The van der Waals surface area contributed by atoms with E-state index in [-0.39, 0.29) is 11.6 Å². The van der Waals surface area contributed by atoms with Crippen molar-refractivity contribution in [1.29, 1.82) is 0 Å². The maximum atomic E-state index is 12.3. The minimum absolute atomic E-state index is 0.0416. The zero-order valence-corrected chi connectivity index (χ0v) is 16.8.